The molecular weight excluding hydrogens is 476 g/mol. The van der Waals surface area contributed by atoms with E-state index in [4.69, 9.17) is 10.7 Å². The van der Waals surface area contributed by atoms with Crippen molar-refractivity contribution in [3.05, 3.63) is 24.0 Å². The van der Waals surface area contributed by atoms with Gasteiger partial charge in [0.2, 0.25) is 15.9 Å². The van der Waals surface area contributed by atoms with E-state index in [1.165, 1.54) is 9.21 Å². The number of carbonyl (C=O) groups excluding carboxylic acids is 1. The summed E-state index contributed by atoms with van der Waals surface area (Å²) >= 11 is 0. The van der Waals surface area contributed by atoms with Crippen LogP contribution < -0.4 is 5.73 Å². The van der Waals surface area contributed by atoms with Gasteiger partial charge < -0.3 is 15.2 Å². The Labute approximate surface area is 205 Å². The Balaban J connectivity index is 1.60. The van der Waals surface area contributed by atoms with E-state index in [9.17, 15) is 22.0 Å². The number of nitrogens with zero attached hydrogens (tertiary/aromatic N) is 4. The lowest BCUT2D eigenvalue weighted by molar-refractivity contribution is -0.0473. The zero-order valence-electron chi connectivity index (χ0n) is 20.8. The molecule has 35 heavy (non-hydrogen) atoms. The molecule has 8 nitrogen and oxygen atoms in total. The fraction of sp³-hybridized carbons (Fsp3) is 0.667. The number of sulfonamides is 1. The topological polar surface area (TPSA) is 102 Å². The molecule has 2 aromatic rings. The van der Waals surface area contributed by atoms with E-state index in [0.29, 0.717) is 31.4 Å². The van der Waals surface area contributed by atoms with E-state index in [1.807, 2.05) is 20.8 Å². The predicted molar refractivity (Wildman–Crippen MR) is 130 cm³/mol. The molecule has 0 bridgehead atoms. The number of hydrogen-bond donors (Lipinski definition) is 1. The Morgan fingerprint density at radius 2 is 1.86 bits per heavy atom. The largest absolute Gasteiger partial charge is 0.351 e. The molecule has 0 atom stereocenters. The summed E-state index contributed by atoms with van der Waals surface area (Å²) in [5, 5.41) is 0. The molecular formula is C24H35F2N5O3S. The fourth-order valence-electron chi connectivity index (χ4n) is 5.12. The number of amides is 2. The summed E-state index contributed by atoms with van der Waals surface area (Å²) in [5.74, 6) is -1.64. The Hall–Kier alpha value is -2.27. The number of primary amides is 1. The van der Waals surface area contributed by atoms with Crippen LogP contribution in [0, 0.1) is 5.92 Å². The van der Waals surface area contributed by atoms with Crippen LogP contribution in [0.2, 0.25) is 0 Å². The highest BCUT2D eigenvalue weighted by molar-refractivity contribution is 7.89. The number of likely N-dealkylation sites (N-methyl/N-ethyl adjacent to an activating group) is 1. The molecule has 2 fully saturated rings. The van der Waals surface area contributed by atoms with Crippen molar-refractivity contribution in [2.75, 3.05) is 19.6 Å². The van der Waals surface area contributed by atoms with Gasteiger partial charge in [0.25, 0.3) is 0 Å². The smallest absolute Gasteiger partial charge is 0.315 e. The summed E-state index contributed by atoms with van der Waals surface area (Å²) in [6, 6.07) is 4.14. The van der Waals surface area contributed by atoms with Crippen molar-refractivity contribution in [3.63, 3.8) is 0 Å². The van der Waals surface area contributed by atoms with E-state index >= 15 is 0 Å². The molecule has 1 aliphatic carbocycles. The van der Waals surface area contributed by atoms with Crippen LogP contribution in [0.15, 0.2) is 23.1 Å². The van der Waals surface area contributed by atoms with Gasteiger partial charge in [-0.25, -0.2) is 27.0 Å². The molecule has 0 spiro atoms. The highest BCUT2D eigenvalue weighted by Crippen LogP contribution is 2.38. The quantitative estimate of drug-likeness (QED) is 0.635. The fourth-order valence-corrected chi connectivity index (χ4v) is 6.66. The lowest BCUT2D eigenvalue weighted by Crippen LogP contribution is -2.62. The molecule has 2 amide bonds. The van der Waals surface area contributed by atoms with Crippen LogP contribution >= 0.6 is 0 Å². The van der Waals surface area contributed by atoms with Crippen molar-refractivity contribution in [2.24, 2.45) is 11.7 Å². The van der Waals surface area contributed by atoms with Crippen molar-refractivity contribution in [3.8, 4) is 0 Å². The summed E-state index contributed by atoms with van der Waals surface area (Å²) in [6.45, 7) is 9.32. The Bertz CT molecular complexity index is 1210. The van der Waals surface area contributed by atoms with E-state index in [-0.39, 0.29) is 48.2 Å². The van der Waals surface area contributed by atoms with Gasteiger partial charge in [0.1, 0.15) is 5.82 Å². The van der Waals surface area contributed by atoms with Gasteiger partial charge in [-0.05, 0) is 43.9 Å². The maximum absolute atomic E-state index is 13.7. The number of fused-ring (bicyclic) bond motifs is 1. The average Bonchev–Trinajstić information content (AvgIpc) is 3.09. The Morgan fingerprint density at radius 1 is 1.23 bits per heavy atom. The highest BCUT2D eigenvalue weighted by atomic mass is 32.2. The van der Waals surface area contributed by atoms with E-state index in [2.05, 4.69) is 4.57 Å². The number of alkyl halides is 2. The van der Waals surface area contributed by atoms with Gasteiger partial charge in [-0.15, -0.1) is 0 Å². The van der Waals surface area contributed by atoms with E-state index in [0.717, 1.165) is 11.3 Å². The third kappa shape index (κ3) is 5.02. The molecule has 0 unspecified atom stereocenters. The minimum absolute atomic E-state index is 0.0976. The van der Waals surface area contributed by atoms with Crippen molar-refractivity contribution < 1.29 is 22.0 Å². The zero-order chi connectivity index (χ0) is 25.8. The van der Waals surface area contributed by atoms with Gasteiger partial charge in [0.05, 0.1) is 22.0 Å². The first-order valence-corrected chi connectivity index (χ1v) is 13.6. The van der Waals surface area contributed by atoms with Crippen LogP contribution in [-0.2, 0) is 22.0 Å². The second-order valence-corrected chi connectivity index (χ2v) is 12.8. The first-order valence-electron chi connectivity index (χ1n) is 12.2. The average molecular weight is 512 g/mol. The first-order chi connectivity index (χ1) is 16.2. The SMILES string of the molecule is CCN(C(N)=O)C1CN(S(=O)(=O)c2ccc3c(c2)nc(C(C)(C)C)n3CC2CCC(F)(F)CC2)C1. The number of hydrogen-bond acceptors (Lipinski definition) is 4. The number of imidazole rings is 1. The van der Waals surface area contributed by atoms with Gasteiger partial charge >= 0.3 is 6.03 Å². The number of benzene rings is 1. The monoisotopic (exact) mass is 511 g/mol. The summed E-state index contributed by atoms with van der Waals surface area (Å²) in [4.78, 5) is 18.0. The second kappa shape index (κ2) is 8.99. The van der Waals surface area contributed by atoms with Crippen molar-refractivity contribution in [1.29, 1.82) is 0 Å². The van der Waals surface area contributed by atoms with E-state index < -0.39 is 22.0 Å². The van der Waals surface area contributed by atoms with Crippen LogP contribution in [0.4, 0.5) is 13.6 Å². The molecule has 2 aliphatic rings. The molecule has 11 heteroatoms. The molecule has 1 saturated carbocycles. The molecule has 194 valence electrons. The standard InChI is InChI=1S/C24H35F2N5O3S/c1-5-30(22(27)32)17-14-29(15-17)35(33,34)18-6-7-20-19(12-18)28-21(23(2,3)4)31(20)13-16-8-10-24(25,26)11-9-16/h6-7,12,16-17H,5,8-11,13-15H2,1-4H3,(H2,27,32). The molecule has 1 aromatic carbocycles. The van der Waals surface area contributed by atoms with Crippen molar-refractivity contribution >= 4 is 27.1 Å². The minimum Gasteiger partial charge on any atom is -0.351 e. The molecule has 2 heterocycles. The molecule has 4 rings (SSSR count). The second-order valence-electron chi connectivity index (χ2n) is 10.8. The predicted octanol–water partition coefficient (Wildman–Crippen LogP) is 3.93. The molecule has 1 saturated heterocycles. The summed E-state index contributed by atoms with van der Waals surface area (Å²) in [7, 11) is -3.75. The van der Waals surface area contributed by atoms with Gasteiger partial charge in [-0.2, -0.15) is 4.31 Å². The maximum Gasteiger partial charge on any atom is 0.315 e. The van der Waals surface area contributed by atoms with Crippen molar-refractivity contribution in [1.82, 2.24) is 18.8 Å². The third-order valence-electron chi connectivity index (χ3n) is 7.20. The molecule has 1 aliphatic heterocycles. The summed E-state index contributed by atoms with van der Waals surface area (Å²) < 4.78 is 57.2. The number of urea groups is 1. The highest BCUT2D eigenvalue weighted by Gasteiger charge is 2.41. The van der Waals surface area contributed by atoms with Crippen LogP contribution in [0.25, 0.3) is 11.0 Å². The van der Waals surface area contributed by atoms with Gasteiger partial charge in [-0.1, -0.05) is 20.8 Å². The maximum atomic E-state index is 13.7. The van der Waals surface area contributed by atoms with Crippen LogP contribution in [0.5, 0.6) is 0 Å². The normalized spacial score (nSPS) is 20.2. The van der Waals surface area contributed by atoms with E-state index in [1.54, 1.807) is 25.1 Å². The summed E-state index contributed by atoms with van der Waals surface area (Å²) in [5.41, 5.74) is 6.46. The summed E-state index contributed by atoms with van der Waals surface area (Å²) in [6.07, 6.45) is 0.719. The number of carbonyl (C=O) groups is 1. The van der Waals surface area contributed by atoms with Crippen LogP contribution in [0.3, 0.4) is 0 Å². The minimum atomic E-state index is -3.75. The Kier molecular flexibility index (Phi) is 6.63. The third-order valence-corrected chi connectivity index (χ3v) is 9.03. The number of rotatable bonds is 6. The molecule has 1 aromatic heterocycles. The lowest BCUT2D eigenvalue weighted by Gasteiger charge is -2.43. The van der Waals surface area contributed by atoms with Crippen LogP contribution in [-0.4, -0.2) is 64.8 Å². The Morgan fingerprint density at radius 3 is 2.40 bits per heavy atom. The number of aromatic nitrogens is 2. The van der Waals surface area contributed by atoms with Crippen molar-refractivity contribution in [2.45, 2.75) is 82.2 Å². The zero-order valence-corrected chi connectivity index (χ0v) is 21.6. The molecule has 0 radical (unpaired) electrons. The first kappa shape index (κ1) is 25.8. The van der Waals surface area contributed by atoms with Gasteiger partial charge in [0, 0.05) is 44.4 Å². The lowest BCUT2D eigenvalue weighted by atomic mass is 9.86. The number of halogens is 2. The van der Waals surface area contributed by atoms with Crippen LogP contribution in [0.1, 0.15) is 59.2 Å². The molecule has 2 N–H and O–H groups in total. The van der Waals surface area contributed by atoms with Gasteiger partial charge in [0.15, 0.2) is 0 Å². The van der Waals surface area contributed by atoms with Gasteiger partial charge in [-0.3, -0.25) is 0 Å². The number of nitrogens with two attached hydrogens (primary N) is 1.